The molecule has 0 saturated heterocycles. The van der Waals surface area contributed by atoms with Gasteiger partial charge in [0.2, 0.25) is 0 Å². The van der Waals surface area contributed by atoms with Crippen molar-refractivity contribution in [1.29, 1.82) is 0 Å². The molecule has 74 valence electrons. The van der Waals surface area contributed by atoms with E-state index in [-0.39, 0.29) is 31.2 Å². The van der Waals surface area contributed by atoms with Crippen LogP contribution in [0.2, 0.25) is 0 Å². The van der Waals surface area contributed by atoms with Gasteiger partial charge in [-0.3, -0.25) is 15.9 Å². The summed E-state index contributed by atoms with van der Waals surface area (Å²) in [4.78, 5) is 9.95. The van der Waals surface area contributed by atoms with Crippen molar-refractivity contribution >= 4 is 11.8 Å². The van der Waals surface area contributed by atoms with Crippen LogP contribution < -0.4 is 41.3 Å². The van der Waals surface area contributed by atoms with Crippen LogP contribution in [-0.4, -0.2) is 30.0 Å². The molecule has 0 bridgehead atoms. The van der Waals surface area contributed by atoms with Gasteiger partial charge in [-0.25, -0.2) is 0 Å². The third kappa shape index (κ3) is 16.2. The molecular weight excluding hydrogens is 205 g/mol. The molecule has 7 N–H and O–H groups in total. The Labute approximate surface area is 83.0 Å². The summed E-state index contributed by atoms with van der Waals surface area (Å²) in [5.74, 6) is -0.475. The Morgan fingerprint density at radius 3 is 2.33 bits per heavy atom. The van der Waals surface area contributed by atoms with Crippen LogP contribution in [0.5, 0.6) is 0 Å². The predicted octanol–water partition coefficient (Wildman–Crippen LogP) is -9.85. The Morgan fingerprint density at radius 2 is 2.00 bits per heavy atom. The number of rotatable bonds is 5. The standard InChI is InChI=1S/C5H11N3O2.2ClH/c6-4(7)3-8-2-1-5(9)10;;/h8H,1-3H2,(H3,6,7)(H,9,10);2*1H. The van der Waals surface area contributed by atoms with Crippen molar-refractivity contribution in [2.45, 2.75) is 6.42 Å². The molecule has 0 aromatic carbocycles. The van der Waals surface area contributed by atoms with E-state index in [1.165, 1.54) is 0 Å². The second kappa shape index (κ2) is 10.5. The van der Waals surface area contributed by atoms with Gasteiger partial charge in [0.1, 0.15) is 0 Å². The highest BCUT2D eigenvalue weighted by molar-refractivity contribution is 5.74. The lowest BCUT2D eigenvalue weighted by Crippen LogP contribution is -3.00. The Balaban J connectivity index is -0.000000405. The third-order valence-electron chi connectivity index (χ3n) is 0.942. The van der Waals surface area contributed by atoms with Crippen molar-refractivity contribution in [2.24, 2.45) is 5.73 Å². The van der Waals surface area contributed by atoms with Crippen LogP contribution in [0.25, 0.3) is 0 Å². The van der Waals surface area contributed by atoms with Gasteiger partial charge in [0, 0.05) is 0 Å². The molecule has 0 amide bonds. The summed E-state index contributed by atoms with van der Waals surface area (Å²) in [5.41, 5.74) is 5.13. The molecule has 0 aromatic heterocycles. The normalized spacial score (nSPS) is 7.67. The number of hydrogen-bond donors (Lipinski definition) is 4. The number of carboxylic acids is 1. The SMILES string of the molecule is NC(=[NH2+])C[NH2+]CCC(=O)O.[Cl-].[Cl-]. The van der Waals surface area contributed by atoms with Crippen molar-refractivity contribution in [1.82, 2.24) is 0 Å². The number of quaternary nitrogens is 1. The molecule has 0 heterocycles. The monoisotopic (exact) mass is 217 g/mol. The number of carboxylic acid groups (broad SMARTS) is 1. The van der Waals surface area contributed by atoms with Crippen LogP contribution in [0.1, 0.15) is 6.42 Å². The number of nitrogens with two attached hydrogens (primary N) is 3. The highest BCUT2D eigenvalue weighted by atomic mass is 35.5. The van der Waals surface area contributed by atoms with Crippen LogP contribution in [0, 0.1) is 0 Å². The summed E-state index contributed by atoms with van der Waals surface area (Å²) in [6.45, 7) is 1.01. The van der Waals surface area contributed by atoms with E-state index in [1.807, 2.05) is 0 Å². The van der Waals surface area contributed by atoms with Crippen molar-refractivity contribution in [3.63, 3.8) is 0 Å². The van der Waals surface area contributed by atoms with Crippen molar-refractivity contribution in [3.8, 4) is 0 Å². The first-order chi connectivity index (χ1) is 4.63. The predicted molar refractivity (Wildman–Crippen MR) is 35.0 cm³/mol. The zero-order valence-electron chi connectivity index (χ0n) is 6.46. The molecule has 0 unspecified atom stereocenters. The first kappa shape index (κ1) is 17.5. The highest BCUT2D eigenvalue weighted by Crippen LogP contribution is 1.67. The minimum absolute atomic E-state index is 0. The molecule has 0 saturated carbocycles. The van der Waals surface area contributed by atoms with Crippen LogP contribution in [0.4, 0.5) is 0 Å². The van der Waals surface area contributed by atoms with E-state index in [0.29, 0.717) is 18.9 Å². The number of amidine groups is 1. The number of hydrogen-bond acceptors (Lipinski definition) is 1. The summed E-state index contributed by atoms with van der Waals surface area (Å²) in [7, 11) is 0. The van der Waals surface area contributed by atoms with E-state index >= 15 is 0 Å². The zero-order chi connectivity index (χ0) is 7.98. The zero-order valence-corrected chi connectivity index (χ0v) is 7.98. The van der Waals surface area contributed by atoms with Crippen LogP contribution in [0.15, 0.2) is 0 Å². The minimum atomic E-state index is -0.799. The average Bonchev–Trinajstić information content (AvgIpc) is 1.79. The van der Waals surface area contributed by atoms with E-state index in [0.717, 1.165) is 0 Å². The first-order valence-electron chi connectivity index (χ1n) is 3.03. The van der Waals surface area contributed by atoms with Gasteiger partial charge < -0.3 is 35.2 Å². The minimum Gasteiger partial charge on any atom is -1.00 e. The molecule has 0 radical (unpaired) electrons. The second-order valence-corrected chi connectivity index (χ2v) is 2.00. The van der Waals surface area contributed by atoms with Crippen molar-refractivity contribution < 1.29 is 45.4 Å². The van der Waals surface area contributed by atoms with Gasteiger partial charge in [-0.2, -0.15) is 0 Å². The second-order valence-electron chi connectivity index (χ2n) is 2.00. The van der Waals surface area contributed by atoms with Crippen LogP contribution >= 0.6 is 0 Å². The van der Waals surface area contributed by atoms with E-state index in [1.54, 1.807) is 5.32 Å². The Bertz CT molecular complexity index is 127. The Hall–Kier alpha value is -0.520. The lowest BCUT2D eigenvalue weighted by atomic mass is 10.4. The number of aliphatic carboxylic acids is 1. The lowest BCUT2D eigenvalue weighted by molar-refractivity contribution is -0.642. The van der Waals surface area contributed by atoms with Crippen LogP contribution in [0.3, 0.4) is 0 Å². The summed E-state index contributed by atoms with van der Waals surface area (Å²) in [6.07, 6.45) is 0.146. The lowest BCUT2D eigenvalue weighted by Gasteiger charge is -1.92. The fraction of sp³-hybridized carbons (Fsp3) is 0.600. The van der Waals surface area contributed by atoms with E-state index in [2.05, 4.69) is 0 Å². The maximum atomic E-state index is 9.95. The molecular formula is C5H13Cl2N3O2. The van der Waals surface area contributed by atoms with Gasteiger partial charge in [-0.1, -0.05) is 0 Å². The fourth-order valence-corrected chi connectivity index (χ4v) is 0.494. The molecule has 0 atom stereocenters. The largest absolute Gasteiger partial charge is 1.00 e. The molecule has 0 aliphatic heterocycles. The summed E-state index contributed by atoms with van der Waals surface area (Å²) >= 11 is 0. The first-order valence-corrected chi connectivity index (χ1v) is 3.03. The highest BCUT2D eigenvalue weighted by Gasteiger charge is 2.00. The summed E-state index contributed by atoms with van der Waals surface area (Å²) in [5, 5.41) is 15.1. The molecule has 0 aliphatic rings. The topological polar surface area (TPSA) is 106 Å². The quantitative estimate of drug-likeness (QED) is 0.209. The number of carbonyl (C=O) groups is 1. The van der Waals surface area contributed by atoms with E-state index in [4.69, 9.17) is 16.2 Å². The molecule has 12 heavy (non-hydrogen) atoms. The van der Waals surface area contributed by atoms with Gasteiger partial charge in [-0.15, -0.1) is 0 Å². The maximum Gasteiger partial charge on any atom is 0.309 e. The summed E-state index contributed by atoms with van der Waals surface area (Å²) < 4.78 is 0. The average molecular weight is 218 g/mol. The number of halogens is 2. The molecule has 7 heteroatoms. The van der Waals surface area contributed by atoms with Crippen molar-refractivity contribution in [3.05, 3.63) is 0 Å². The van der Waals surface area contributed by atoms with Gasteiger partial charge in [-0.05, 0) is 0 Å². The van der Waals surface area contributed by atoms with E-state index < -0.39 is 5.97 Å². The fourth-order valence-electron chi connectivity index (χ4n) is 0.494. The summed E-state index contributed by atoms with van der Waals surface area (Å²) in [6, 6.07) is 0. The van der Waals surface area contributed by atoms with Crippen molar-refractivity contribution in [2.75, 3.05) is 13.1 Å². The van der Waals surface area contributed by atoms with E-state index in [9.17, 15) is 4.79 Å². The molecule has 0 aromatic rings. The smallest absolute Gasteiger partial charge is 0.309 e. The molecule has 0 fully saturated rings. The maximum absolute atomic E-state index is 9.95. The molecule has 5 nitrogen and oxygen atoms in total. The van der Waals surface area contributed by atoms with Gasteiger partial charge >= 0.3 is 5.97 Å². The Kier molecular flexibility index (Phi) is 15.3. The third-order valence-corrected chi connectivity index (χ3v) is 0.942. The Morgan fingerprint density at radius 1 is 1.50 bits per heavy atom. The van der Waals surface area contributed by atoms with Gasteiger partial charge in [0.15, 0.2) is 6.54 Å². The van der Waals surface area contributed by atoms with Gasteiger partial charge in [0.25, 0.3) is 5.84 Å². The molecule has 0 spiro atoms. The van der Waals surface area contributed by atoms with Gasteiger partial charge in [0.05, 0.1) is 13.0 Å². The molecule has 0 aliphatic carbocycles. The van der Waals surface area contributed by atoms with Crippen LogP contribution in [-0.2, 0) is 4.79 Å². The molecule has 0 rings (SSSR count).